The Bertz CT molecular complexity index is 1340. The van der Waals surface area contributed by atoms with Gasteiger partial charge in [-0.3, -0.25) is 4.68 Å². The molecule has 0 spiro atoms. The third kappa shape index (κ3) is 4.69. The van der Waals surface area contributed by atoms with Gasteiger partial charge in [0.25, 0.3) is 0 Å². The lowest BCUT2D eigenvalue weighted by Crippen LogP contribution is -2.45. The van der Waals surface area contributed by atoms with Gasteiger partial charge in [-0.05, 0) is 70.4 Å². The molecule has 0 bridgehead atoms. The first-order chi connectivity index (χ1) is 18.0. The fourth-order valence-corrected chi connectivity index (χ4v) is 5.80. The van der Waals surface area contributed by atoms with E-state index in [1.54, 1.807) is 0 Å². The number of hydrogen-bond donors (Lipinski definition) is 2. The van der Waals surface area contributed by atoms with Crippen molar-refractivity contribution in [3.63, 3.8) is 0 Å². The van der Waals surface area contributed by atoms with Crippen LogP contribution in [-0.4, -0.2) is 74.2 Å². The molecule has 2 saturated heterocycles. The van der Waals surface area contributed by atoms with E-state index in [9.17, 15) is 5.11 Å². The highest BCUT2D eigenvalue weighted by molar-refractivity contribution is 5.71. The number of nitrogens with zero attached hydrogens (tertiary/aromatic N) is 7. The van der Waals surface area contributed by atoms with Crippen molar-refractivity contribution < 1.29 is 5.11 Å². The molecule has 0 radical (unpaired) electrons. The van der Waals surface area contributed by atoms with Crippen LogP contribution in [0, 0.1) is 6.92 Å². The van der Waals surface area contributed by atoms with Crippen molar-refractivity contribution in [3.8, 4) is 0 Å². The van der Waals surface area contributed by atoms with Crippen LogP contribution in [0.5, 0.6) is 0 Å². The molecule has 2 aliphatic rings. The molecule has 9 nitrogen and oxygen atoms in total. The predicted molar refractivity (Wildman–Crippen MR) is 146 cm³/mol. The van der Waals surface area contributed by atoms with E-state index < -0.39 is 0 Å². The zero-order valence-electron chi connectivity index (χ0n) is 21.7. The third-order valence-electron chi connectivity index (χ3n) is 8.29. The molecule has 3 aromatic heterocycles. The molecule has 0 saturated carbocycles. The number of nitrogens with one attached hydrogen (secondary N) is 1. The number of anilines is 3. The molecule has 0 amide bonds. The van der Waals surface area contributed by atoms with Gasteiger partial charge in [0.05, 0.1) is 30.2 Å². The van der Waals surface area contributed by atoms with Gasteiger partial charge in [-0.15, -0.1) is 5.10 Å². The van der Waals surface area contributed by atoms with Crippen LogP contribution in [0.4, 0.5) is 17.3 Å². The molecular weight excluding hydrogens is 464 g/mol. The number of aromatic nitrogens is 5. The molecule has 6 rings (SSSR count). The highest BCUT2D eigenvalue weighted by Crippen LogP contribution is 2.37. The average Bonchev–Trinajstić information content (AvgIpc) is 3.56. The first-order valence-electron chi connectivity index (χ1n) is 13.3. The van der Waals surface area contributed by atoms with Gasteiger partial charge in [-0.1, -0.05) is 29.8 Å². The molecule has 1 aromatic carbocycles. The second-order valence-electron chi connectivity index (χ2n) is 10.8. The molecule has 5 heterocycles. The Balaban J connectivity index is 1.17. The van der Waals surface area contributed by atoms with Crippen LogP contribution in [0.2, 0.25) is 0 Å². The zero-order chi connectivity index (χ0) is 25.4. The Morgan fingerprint density at radius 3 is 2.54 bits per heavy atom. The number of aliphatic hydroxyl groups is 1. The summed E-state index contributed by atoms with van der Waals surface area (Å²) in [5.74, 6) is 0.566. The molecule has 2 fully saturated rings. The summed E-state index contributed by atoms with van der Waals surface area (Å²) in [6.07, 6.45) is 9.87. The van der Waals surface area contributed by atoms with Crippen molar-refractivity contribution in [1.82, 2.24) is 29.3 Å². The fourth-order valence-electron chi connectivity index (χ4n) is 5.80. The van der Waals surface area contributed by atoms with Crippen molar-refractivity contribution in [3.05, 3.63) is 66.1 Å². The number of piperidine rings is 2. The zero-order valence-corrected chi connectivity index (χ0v) is 21.7. The molecule has 0 unspecified atom stereocenters. The lowest BCUT2D eigenvalue weighted by atomic mass is 9.73. The minimum atomic E-state index is -0.191. The van der Waals surface area contributed by atoms with Gasteiger partial charge < -0.3 is 20.2 Å². The first kappa shape index (κ1) is 23.9. The molecule has 4 aromatic rings. The Morgan fingerprint density at radius 1 is 1.05 bits per heavy atom. The summed E-state index contributed by atoms with van der Waals surface area (Å²) in [5, 5.41) is 23.0. The quantitative estimate of drug-likeness (QED) is 0.417. The Kier molecular flexibility index (Phi) is 6.34. The molecule has 0 aliphatic carbocycles. The van der Waals surface area contributed by atoms with Gasteiger partial charge in [-0.2, -0.15) is 10.1 Å². The van der Waals surface area contributed by atoms with E-state index in [-0.39, 0.29) is 12.0 Å². The summed E-state index contributed by atoms with van der Waals surface area (Å²) in [5.41, 5.74) is 5.09. The summed E-state index contributed by atoms with van der Waals surface area (Å²) in [6.45, 7) is 6.18. The minimum Gasteiger partial charge on any atom is -0.395 e. The van der Waals surface area contributed by atoms with E-state index >= 15 is 0 Å². The van der Waals surface area contributed by atoms with E-state index in [2.05, 4.69) is 80.5 Å². The van der Waals surface area contributed by atoms with E-state index in [1.807, 2.05) is 23.0 Å². The van der Waals surface area contributed by atoms with Gasteiger partial charge >= 0.3 is 0 Å². The summed E-state index contributed by atoms with van der Waals surface area (Å²) in [7, 11) is 2.17. The van der Waals surface area contributed by atoms with Crippen molar-refractivity contribution >= 4 is 23.0 Å². The predicted octanol–water partition coefficient (Wildman–Crippen LogP) is 3.78. The van der Waals surface area contributed by atoms with Crippen LogP contribution in [0.25, 0.3) is 5.65 Å². The number of rotatable bonds is 6. The number of pyridine rings is 1. The minimum absolute atomic E-state index is 0.165. The van der Waals surface area contributed by atoms with Crippen molar-refractivity contribution in [1.29, 1.82) is 0 Å². The molecule has 194 valence electrons. The normalized spacial score (nSPS) is 18.9. The van der Waals surface area contributed by atoms with Crippen molar-refractivity contribution in [2.24, 2.45) is 0 Å². The number of benzene rings is 1. The summed E-state index contributed by atoms with van der Waals surface area (Å²) in [4.78, 5) is 9.58. The van der Waals surface area contributed by atoms with Gasteiger partial charge in [-0.25, -0.2) is 4.52 Å². The molecular formula is C28H36N8O. The van der Waals surface area contributed by atoms with Crippen LogP contribution >= 0.6 is 0 Å². The van der Waals surface area contributed by atoms with Crippen molar-refractivity contribution in [2.75, 3.05) is 50.1 Å². The summed E-state index contributed by atoms with van der Waals surface area (Å²) >= 11 is 0. The van der Waals surface area contributed by atoms with E-state index in [1.165, 1.54) is 11.1 Å². The largest absolute Gasteiger partial charge is 0.395 e. The molecule has 2 N–H and O–H groups in total. The van der Waals surface area contributed by atoms with Gasteiger partial charge in [0, 0.05) is 30.9 Å². The maximum Gasteiger partial charge on any atom is 0.247 e. The maximum absolute atomic E-state index is 10.4. The maximum atomic E-state index is 10.4. The monoisotopic (exact) mass is 500 g/mol. The lowest BCUT2D eigenvalue weighted by molar-refractivity contribution is 0.165. The number of aryl methyl sites for hydroxylation is 1. The third-order valence-corrected chi connectivity index (χ3v) is 8.29. The van der Waals surface area contributed by atoms with Gasteiger partial charge in [0.2, 0.25) is 5.95 Å². The highest BCUT2D eigenvalue weighted by atomic mass is 16.3. The number of aliphatic hydroxyl groups excluding tert-OH is 1. The summed E-state index contributed by atoms with van der Waals surface area (Å²) in [6, 6.07) is 13.2. The Morgan fingerprint density at radius 2 is 1.81 bits per heavy atom. The fraction of sp³-hybridized carbons (Fsp3) is 0.464. The average molecular weight is 501 g/mol. The van der Waals surface area contributed by atoms with Crippen LogP contribution in [0.15, 0.2) is 55.0 Å². The van der Waals surface area contributed by atoms with E-state index in [4.69, 9.17) is 4.98 Å². The van der Waals surface area contributed by atoms with Crippen LogP contribution in [0.1, 0.15) is 42.9 Å². The number of hydrogen-bond acceptors (Lipinski definition) is 7. The molecule has 0 atom stereocenters. The van der Waals surface area contributed by atoms with Crippen molar-refractivity contribution in [2.45, 2.75) is 44.1 Å². The standard InChI is InChI=1S/C28H36N8O/c1-21-5-7-22(8-6-21)28(20-37)11-16-34(17-12-28)25-4-3-13-35-26(25)31-27(32-35)30-23-18-29-36(19-23)24-9-14-33(2)15-10-24/h3-8,13,18-19,24,37H,9-12,14-17,20H2,1-2H3,(H,30,32). The molecule has 2 aliphatic heterocycles. The second-order valence-corrected chi connectivity index (χ2v) is 10.8. The first-order valence-corrected chi connectivity index (χ1v) is 13.3. The number of likely N-dealkylation sites (tertiary alicyclic amines) is 1. The second kappa shape index (κ2) is 9.79. The van der Waals surface area contributed by atoms with Crippen LogP contribution < -0.4 is 10.2 Å². The smallest absolute Gasteiger partial charge is 0.247 e. The Hall–Kier alpha value is -3.43. The number of fused-ring (bicyclic) bond motifs is 1. The highest BCUT2D eigenvalue weighted by Gasteiger charge is 2.36. The molecule has 37 heavy (non-hydrogen) atoms. The van der Waals surface area contributed by atoms with Crippen LogP contribution in [-0.2, 0) is 5.41 Å². The van der Waals surface area contributed by atoms with Crippen LogP contribution in [0.3, 0.4) is 0 Å². The topological polar surface area (TPSA) is 86.8 Å². The summed E-state index contributed by atoms with van der Waals surface area (Å²) < 4.78 is 3.92. The molecule has 9 heteroatoms. The van der Waals surface area contributed by atoms with Gasteiger partial charge in [0.1, 0.15) is 0 Å². The SMILES string of the molecule is Cc1ccc(C2(CO)CCN(c3cccn4nc(Nc5cnn(C6CCN(C)CC6)c5)nc34)CC2)cc1. The van der Waals surface area contributed by atoms with E-state index in [0.29, 0.717) is 12.0 Å². The Labute approximate surface area is 217 Å². The van der Waals surface area contributed by atoms with E-state index in [0.717, 1.165) is 68.9 Å². The lowest BCUT2D eigenvalue weighted by Gasteiger charge is -2.42. The van der Waals surface area contributed by atoms with Gasteiger partial charge in [0.15, 0.2) is 5.65 Å².